The van der Waals surface area contributed by atoms with E-state index < -0.39 is 5.97 Å². The summed E-state index contributed by atoms with van der Waals surface area (Å²) in [5.41, 5.74) is 4.84. The molecule has 4 aromatic rings. The van der Waals surface area contributed by atoms with Gasteiger partial charge in [-0.15, -0.1) is 0 Å². The lowest BCUT2D eigenvalue weighted by Crippen LogP contribution is -2.15. The fourth-order valence-electron chi connectivity index (χ4n) is 4.08. The monoisotopic (exact) mass is 515 g/mol. The standard InChI is InChI=1S/C29H33N5O4/c1-19-26(20(2)34(31-19)17-21-9-7-8-10-24(21)28(36)37-6)30-27(35)25-15-16-33(32-25)18-38-23-13-11-22(12-14-23)29(3,4)5/h7-16H,17-18H2,1-6H3,(H,30,35). The first-order valence-corrected chi connectivity index (χ1v) is 12.3. The lowest BCUT2D eigenvalue weighted by atomic mass is 9.87. The fourth-order valence-corrected chi connectivity index (χ4v) is 4.08. The molecular weight excluding hydrogens is 482 g/mol. The summed E-state index contributed by atoms with van der Waals surface area (Å²) in [4.78, 5) is 25.1. The predicted molar refractivity (Wildman–Crippen MR) is 145 cm³/mol. The number of anilines is 1. The zero-order valence-corrected chi connectivity index (χ0v) is 22.6. The predicted octanol–water partition coefficient (Wildman–Crippen LogP) is 5.12. The lowest BCUT2D eigenvalue weighted by Gasteiger charge is -2.19. The highest BCUT2D eigenvalue weighted by Crippen LogP contribution is 2.25. The van der Waals surface area contributed by atoms with Crippen LogP contribution in [0.25, 0.3) is 0 Å². The third-order valence-corrected chi connectivity index (χ3v) is 6.32. The van der Waals surface area contributed by atoms with Crippen molar-refractivity contribution in [2.45, 2.75) is 53.3 Å². The average Bonchev–Trinajstić information content (AvgIpc) is 3.47. The maximum absolute atomic E-state index is 13.0. The molecule has 0 bridgehead atoms. The second-order valence-electron chi connectivity index (χ2n) is 10.1. The maximum atomic E-state index is 13.0. The quantitative estimate of drug-likeness (QED) is 0.327. The Hall–Kier alpha value is -4.40. The first-order chi connectivity index (χ1) is 18.1. The van der Waals surface area contributed by atoms with Crippen molar-refractivity contribution >= 4 is 17.6 Å². The zero-order chi connectivity index (χ0) is 27.4. The Balaban J connectivity index is 1.41. The summed E-state index contributed by atoms with van der Waals surface area (Å²) >= 11 is 0. The largest absolute Gasteiger partial charge is 0.471 e. The van der Waals surface area contributed by atoms with E-state index in [4.69, 9.17) is 9.47 Å². The lowest BCUT2D eigenvalue weighted by molar-refractivity contribution is 0.0599. The Bertz CT molecular complexity index is 1440. The van der Waals surface area contributed by atoms with Crippen LogP contribution in [0, 0.1) is 13.8 Å². The van der Waals surface area contributed by atoms with Gasteiger partial charge in [-0.25, -0.2) is 9.48 Å². The van der Waals surface area contributed by atoms with Gasteiger partial charge in [-0.05, 0) is 54.7 Å². The van der Waals surface area contributed by atoms with Crippen LogP contribution in [0.5, 0.6) is 5.75 Å². The number of carbonyl (C=O) groups excluding carboxylic acids is 2. The number of methoxy groups -OCH3 is 1. The summed E-state index contributed by atoms with van der Waals surface area (Å²) in [5, 5.41) is 11.9. The highest BCUT2D eigenvalue weighted by atomic mass is 16.5. The van der Waals surface area contributed by atoms with Gasteiger partial charge >= 0.3 is 5.97 Å². The van der Waals surface area contributed by atoms with E-state index in [1.54, 1.807) is 33.8 Å². The van der Waals surface area contributed by atoms with Gasteiger partial charge < -0.3 is 14.8 Å². The number of rotatable bonds is 8. The Morgan fingerprint density at radius 1 is 0.974 bits per heavy atom. The molecule has 0 unspecified atom stereocenters. The number of benzene rings is 2. The molecule has 0 aliphatic carbocycles. The molecule has 9 nitrogen and oxygen atoms in total. The Morgan fingerprint density at radius 2 is 1.68 bits per heavy atom. The van der Waals surface area contributed by atoms with Crippen molar-refractivity contribution in [2.24, 2.45) is 0 Å². The van der Waals surface area contributed by atoms with Crippen molar-refractivity contribution < 1.29 is 19.1 Å². The van der Waals surface area contributed by atoms with Crippen molar-refractivity contribution in [3.05, 3.63) is 94.6 Å². The molecule has 198 valence electrons. The first-order valence-electron chi connectivity index (χ1n) is 12.3. The molecule has 0 aliphatic rings. The van der Waals surface area contributed by atoms with E-state index in [9.17, 15) is 9.59 Å². The van der Waals surface area contributed by atoms with E-state index in [-0.39, 0.29) is 23.7 Å². The molecular formula is C29H33N5O4. The summed E-state index contributed by atoms with van der Waals surface area (Å²) < 4.78 is 14.0. The van der Waals surface area contributed by atoms with Gasteiger partial charge in [-0.1, -0.05) is 51.1 Å². The van der Waals surface area contributed by atoms with Gasteiger partial charge in [0.25, 0.3) is 5.91 Å². The molecule has 38 heavy (non-hydrogen) atoms. The van der Waals surface area contributed by atoms with Crippen LogP contribution in [0.1, 0.15) is 64.1 Å². The summed E-state index contributed by atoms with van der Waals surface area (Å²) in [6.45, 7) is 10.7. The highest BCUT2D eigenvalue weighted by Gasteiger charge is 2.19. The molecule has 0 radical (unpaired) electrons. The smallest absolute Gasteiger partial charge is 0.338 e. The summed E-state index contributed by atoms with van der Waals surface area (Å²) in [6, 6.07) is 16.8. The molecule has 0 saturated heterocycles. The molecule has 0 saturated carbocycles. The minimum absolute atomic E-state index is 0.0729. The number of nitrogens with zero attached hydrogens (tertiary/aromatic N) is 4. The van der Waals surface area contributed by atoms with Gasteiger partial charge in [-0.3, -0.25) is 9.48 Å². The second-order valence-corrected chi connectivity index (χ2v) is 10.1. The molecule has 0 spiro atoms. The fraction of sp³-hybridized carbons (Fsp3) is 0.310. The Morgan fingerprint density at radius 3 is 2.37 bits per heavy atom. The zero-order valence-electron chi connectivity index (χ0n) is 22.6. The molecule has 1 N–H and O–H groups in total. The van der Waals surface area contributed by atoms with Crippen molar-refractivity contribution in [3.8, 4) is 5.75 Å². The van der Waals surface area contributed by atoms with Gasteiger partial charge in [0.2, 0.25) is 0 Å². The summed E-state index contributed by atoms with van der Waals surface area (Å²) in [5.74, 6) is -0.0249. The van der Waals surface area contributed by atoms with Crippen LogP contribution in [-0.4, -0.2) is 38.5 Å². The number of esters is 1. The molecule has 0 fully saturated rings. The van der Waals surface area contributed by atoms with E-state index in [2.05, 4.69) is 48.4 Å². The van der Waals surface area contributed by atoms with Crippen LogP contribution >= 0.6 is 0 Å². The van der Waals surface area contributed by atoms with Crippen LogP contribution in [0.4, 0.5) is 5.69 Å². The topological polar surface area (TPSA) is 100 Å². The maximum Gasteiger partial charge on any atom is 0.338 e. The SMILES string of the molecule is COC(=O)c1ccccc1Cn1nc(C)c(NC(=O)c2ccn(COc3ccc(C(C)(C)C)cc3)n2)c1C. The molecule has 1 amide bonds. The van der Waals surface area contributed by atoms with E-state index in [0.717, 1.165) is 17.0 Å². The number of nitrogens with one attached hydrogen (secondary N) is 1. The van der Waals surface area contributed by atoms with Crippen LogP contribution in [0.3, 0.4) is 0 Å². The normalized spacial score (nSPS) is 11.3. The van der Waals surface area contributed by atoms with Crippen molar-refractivity contribution in [1.29, 1.82) is 0 Å². The molecule has 0 atom stereocenters. The number of carbonyl (C=O) groups is 2. The number of hydrogen-bond donors (Lipinski definition) is 1. The van der Waals surface area contributed by atoms with Crippen LogP contribution in [0.2, 0.25) is 0 Å². The summed E-state index contributed by atoms with van der Waals surface area (Å²) in [7, 11) is 1.35. The molecule has 0 aliphatic heterocycles. The van der Waals surface area contributed by atoms with E-state index in [1.807, 2.05) is 38.1 Å². The van der Waals surface area contributed by atoms with Gasteiger partial charge in [0.1, 0.15) is 5.75 Å². The van der Waals surface area contributed by atoms with Gasteiger partial charge in [-0.2, -0.15) is 10.2 Å². The van der Waals surface area contributed by atoms with Crippen molar-refractivity contribution in [3.63, 3.8) is 0 Å². The Kier molecular flexibility index (Phi) is 7.66. The van der Waals surface area contributed by atoms with E-state index >= 15 is 0 Å². The first kappa shape index (κ1) is 26.7. The number of ether oxygens (including phenoxy) is 2. The third-order valence-electron chi connectivity index (χ3n) is 6.32. The number of hydrogen-bond acceptors (Lipinski definition) is 6. The van der Waals surface area contributed by atoms with Crippen LogP contribution in [-0.2, 0) is 23.4 Å². The molecule has 9 heteroatoms. The average molecular weight is 516 g/mol. The third kappa shape index (κ3) is 5.94. The van der Waals surface area contributed by atoms with Crippen molar-refractivity contribution in [2.75, 3.05) is 12.4 Å². The van der Waals surface area contributed by atoms with Gasteiger partial charge in [0.05, 0.1) is 36.3 Å². The number of amides is 1. The van der Waals surface area contributed by atoms with Gasteiger partial charge in [0, 0.05) is 6.20 Å². The van der Waals surface area contributed by atoms with Crippen LogP contribution in [0.15, 0.2) is 60.8 Å². The number of aryl methyl sites for hydroxylation is 1. The summed E-state index contributed by atoms with van der Waals surface area (Å²) in [6.07, 6.45) is 1.70. The van der Waals surface area contributed by atoms with E-state index in [1.165, 1.54) is 12.7 Å². The molecule has 2 heterocycles. The minimum atomic E-state index is -0.405. The van der Waals surface area contributed by atoms with Gasteiger partial charge in [0.15, 0.2) is 12.4 Å². The number of aromatic nitrogens is 4. The molecule has 4 rings (SSSR count). The van der Waals surface area contributed by atoms with E-state index in [0.29, 0.717) is 23.5 Å². The minimum Gasteiger partial charge on any atom is -0.471 e. The molecule has 2 aromatic carbocycles. The molecule has 2 aromatic heterocycles. The second kappa shape index (κ2) is 10.9. The highest BCUT2D eigenvalue weighted by molar-refractivity contribution is 6.03. The van der Waals surface area contributed by atoms with Crippen molar-refractivity contribution in [1.82, 2.24) is 19.6 Å². The Labute approximate surface area is 222 Å². The van der Waals surface area contributed by atoms with Crippen LogP contribution < -0.4 is 10.1 Å².